The molecule has 6 nitrogen and oxygen atoms in total. The number of rotatable bonds is 10. The molecule has 0 spiro atoms. The Morgan fingerprint density at radius 2 is 1.55 bits per heavy atom. The summed E-state index contributed by atoms with van der Waals surface area (Å²) in [6.07, 6.45) is 0.306. The number of para-hydroxylation sites is 2. The van der Waals surface area contributed by atoms with Crippen LogP contribution in [-0.2, 0) is 19.8 Å². The highest BCUT2D eigenvalue weighted by atomic mass is 31.2. The van der Waals surface area contributed by atoms with Gasteiger partial charge in [-0.05, 0) is 44.0 Å². The molecule has 170 valence electrons. The Labute approximate surface area is 186 Å². The molecule has 0 saturated carbocycles. The first-order valence-electron chi connectivity index (χ1n) is 11.1. The van der Waals surface area contributed by atoms with Crippen molar-refractivity contribution < 1.29 is 18.3 Å². The molecule has 1 atom stereocenters. The van der Waals surface area contributed by atoms with E-state index in [0.717, 1.165) is 43.2 Å². The van der Waals surface area contributed by atoms with Crippen molar-refractivity contribution in [2.75, 3.05) is 51.4 Å². The molecular formula is C24H35N2O4P. The number of benzene rings is 2. The van der Waals surface area contributed by atoms with Crippen LogP contribution in [0.3, 0.4) is 0 Å². The highest BCUT2D eigenvalue weighted by molar-refractivity contribution is 7.53. The Bertz CT molecular complexity index is 856. The van der Waals surface area contributed by atoms with Gasteiger partial charge in [0.25, 0.3) is 0 Å². The van der Waals surface area contributed by atoms with Gasteiger partial charge in [0.15, 0.2) is 0 Å². The van der Waals surface area contributed by atoms with E-state index in [4.69, 9.17) is 13.8 Å². The highest BCUT2D eigenvalue weighted by Crippen LogP contribution is 2.51. The summed E-state index contributed by atoms with van der Waals surface area (Å²) in [5, 5.41) is 0. The molecule has 0 aliphatic carbocycles. The SMILES string of the molecule is CCOP(=O)(Cc1ccc(C(C)N2CCN(c3ccccc3OC)CC2)cc1)OCC. The largest absolute Gasteiger partial charge is 0.495 e. The average Bonchev–Trinajstić information content (AvgIpc) is 2.79. The number of nitrogens with zero attached hydrogens (tertiary/aromatic N) is 2. The second-order valence-electron chi connectivity index (χ2n) is 7.72. The lowest BCUT2D eigenvalue weighted by Gasteiger charge is -2.39. The monoisotopic (exact) mass is 446 g/mol. The van der Waals surface area contributed by atoms with Crippen LogP contribution in [0.15, 0.2) is 48.5 Å². The third-order valence-corrected chi connectivity index (χ3v) is 7.83. The molecule has 1 aliphatic heterocycles. The van der Waals surface area contributed by atoms with Crippen molar-refractivity contribution >= 4 is 13.3 Å². The van der Waals surface area contributed by atoms with E-state index < -0.39 is 7.60 Å². The Hall–Kier alpha value is -1.85. The van der Waals surface area contributed by atoms with Crippen molar-refractivity contribution in [2.45, 2.75) is 33.0 Å². The summed E-state index contributed by atoms with van der Waals surface area (Å²) in [5.41, 5.74) is 3.40. The Balaban J connectivity index is 1.60. The standard InChI is InChI=1S/C24H35N2O4P/c1-5-29-31(27,30-6-2)19-21-11-13-22(14-12-21)20(3)25-15-17-26(18-16-25)23-9-7-8-10-24(23)28-4/h7-14,20H,5-6,15-19H2,1-4H3. The van der Waals surface area contributed by atoms with Crippen LogP contribution in [0.2, 0.25) is 0 Å². The van der Waals surface area contributed by atoms with Crippen LogP contribution >= 0.6 is 7.60 Å². The van der Waals surface area contributed by atoms with Gasteiger partial charge in [0.05, 0.1) is 32.2 Å². The average molecular weight is 447 g/mol. The maximum Gasteiger partial charge on any atom is 0.335 e. The molecule has 0 amide bonds. The predicted octanol–water partition coefficient (Wildman–Crippen LogP) is 5.34. The van der Waals surface area contributed by atoms with E-state index in [0.29, 0.717) is 25.4 Å². The third kappa shape index (κ3) is 6.11. The minimum Gasteiger partial charge on any atom is -0.495 e. The number of hydrogen-bond acceptors (Lipinski definition) is 6. The first-order chi connectivity index (χ1) is 15.0. The first kappa shape index (κ1) is 23.8. The number of anilines is 1. The highest BCUT2D eigenvalue weighted by Gasteiger charge is 2.26. The second-order valence-corrected chi connectivity index (χ2v) is 9.77. The van der Waals surface area contributed by atoms with E-state index in [-0.39, 0.29) is 0 Å². The van der Waals surface area contributed by atoms with Crippen molar-refractivity contribution in [1.29, 1.82) is 0 Å². The smallest absolute Gasteiger partial charge is 0.335 e. The van der Waals surface area contributed by atoms with Crippen LogP contribution in [0.4, 0.5) is 5.69 Å². The molecule has 0 radical (unpaired) electrons. The van der Waals surface area contributed by atoms with Crippen molar-refractivity contribution in [3.8, 4) is 5.75 Å². The number of hydrogen-bond donors (Lipinski definition) is 0. The van der Waals surface area contributed by atoms with Gasteiger partial charge in [0.1, 0.15) is 5.75 Å². The minimum absolute atomic E-state index is 0.306. The summed E-state index contributed by atoms with van der Waals surface area (Å²) >= 11 is 0. The fraction of sp³-hybridized carbons (Fsp3) is 0.500. The Kier molecular flexibility index (Phi) is 8.56. The molecule has 3 rings (SSSR count). The summed E-state index contributed by atoms with van der Waals surface area (Å²) in [5.74, 6) is 0.927. The van der Waals surface area contributed by atoms with E-state index in [2.05, 4.69) is 41.0 Å². The number of methoxy groups -OCH3 is 1. The van der Waals surface area contributed by atoms with E-state index in [1.165, 1.54) is 5.56 Å². The van der Waals surface area contributed by atoms with Crippen LogP contribution in [0.5, 0.6) is 5.75 Å². The van der Waals surface area contributed by atoms with Gasteiger partial charge >= 0.3 is 7.60 Å². The van der Waals surface area contributed by atoms with Gasteiger partial charge in [-0.1, -0.05) is 36.4 Å². The quantitative estimate of drug-likeness (QED) is 0.459. The van der Waals surface area contributed by atoms with E-state index in [1.807, 2.05) is 38.1 Å². The second kappa shape index (κ2) is 11.1. The zero-order valence-corrected chi connectivity index (χ0v) is 20.0. The van der Waals surface area contributed by atoms with Crippen molar-refractivity contribution in [3.63, 3.8) is 0 Å². The molecule has 1 aliphatic rings. The molecule has 1 fully saturated rings. The number of ether oxygens (including phenoxy) is 1. The van der Waals surface area contributed by atoms with Gasteiger partial charge in [0.2, 0.25) is 0 Å². The molecule has 7 heteroatoms. The van der Waals surface area contributed by atoms with E-state index >= 15 is 0 Å². The van der Waals surface area contributed by atoms with Crippen LogP contribution in [0, 0.1) is 0 Å². The third-order valence-electron chi connectivity index (χ3n) is 5.78. The topological polar surface area (TPSA) is 51.2 Å². The van der Waals surface area contributed by atoms with Gasteiger partial charge in [0, 0.05) is 32.2 Å². The van der Waals surface area contributed by atoms with Crippen LogP contribution < -0.4 is 9.64 Å². The lowest BCUT2D eigenvalue weighted by molar-refractivity contribution is 0.198. The molecule has 2 aromatic carbocycles. The summed E-state index contributed by atoms with van der Waals surface area (Å²) < 4.78 is 29.1. The fourth-order valence-corrected chi connectivity index (χ4v) is 5.80. The zero-order chi connectivity index (χ0) is 22.3. The Morgan fingerprint density at radius 1 is 0.935 bits per heavy atom. The van der Waals surface area contributed by atoms with Crippen molar-refractivity contribution in [1.82, 2.24) is 4.90 Å². The minimum atomic E-state index is -3.08. The van der Waals surface area contributed by atoms with E-state index in [1.54, 1.807) is 7.11 Å². The maximum atomic E-state index is 12.8. The van der Waals surface area contributed by atoms with Crippen LogP contribution in [-0.4, -0.2) is 51.4 Å². The summed E-state index contributed by atoms with van der Waals surface area (Å²) in [4.78, 5) is 4.90. The molecule has 31 heavy (non-hydrogen) atoms. The normalized spacial score (nSPS) is 16.3. The van der Waals surface area contributed by atoms with Gasteiger partial charge in [-0.25, -0.2) is 0 Å². The van der Waals surface area contributed by atoms with Gasteiger partial charge in [-0.15, -0.1) is 0 Å². The molecule has 1 unspecified atom stereocenters. The van der Waals surface area contributed by atoms with Crippen molar-refractivity contribution in [3.05, 3.63) is 59.7 Å². The first-order valence-corrected chi connectivity index (χ1v) is 12.8. The molecule has 1 saturated heterocycles. The summed E-state index contributed by atoms with van der Waals surface area (Å²) in [7, 11) is -1.35. The number of piperazine rings is 1. The maximum absolute atomic E-state index is 12.8. The lowest BCUT2D eigenvalue weighted by atomic mass is 10.0. The molecule has 0 bridgehead atoms. The summed E-state index contributed by atoms with van der Waals surface area (Å²) in [6, 6.07) is 16.9. The molecule has 2 aromatic rings. The fourth-order valence-electron chi connectivity index (χ4n) is 4.10. The van der Waals surface area contributed by atoms with Crippen LogP contribution in [0.1, 0.15) is 37.9 Å². The van der Waals surface area contributed by atoms with Crippen LogP contribution in [0.25, 0.3) is 0 Å². The Morgan fingerprint density at radius 3 is 2.13 bits per heavy atom. The molecular weight excluding hydrogens is 411 g/mol. The van der Waals surface area contributed by atoms with E-state index in [9.17, 15) is 4.57 Å². The zero-order valence-electron chi connectivity index (χ0n) is 19.1. The van der Waals surface area contributed by atoms with Gasteiger partial charge in [-0.3, -0.25) is 9.46 Å². The van der Waals surface area contributed by atoms with Gasteiger partial charge < -0.3 is 18.7 Å². The predicted molar refractivity (Wildman–Crippen MR) is 126 cm³/mol. The van der Waals surface area contributed by atoms with Crippen molar-refractivity contribution in [2.24, 2.45) is 0 Å². The molecule has 1 heterocycles. The van der Waals surface area contributed by atoms with Gasteiger partial charge in [-0.2, -0.15) is 0 Å². The molecule has 0 N–H and O–H groups in total. The lowest BCUT2D eigenvalue weighted by Crippen LogP contribution is -2.47. The summed E-state index contributed by atoms with van der Waals surface area (Å²) in [6.45, 7) is 10.6. The molecule has 0 aromatic heterocycles.